The van der Waals surface area contributed by atoms with E-state index in [1.807, 2.05) is 12.1 Å². The van der Waals surface area contributed by atoms with Crippen LogP contribution >= 0.6 is 0 Å². The molecule has 1 heterocycles. The van der Waals surface area contributed by atoms with Gasteiger partial charge >= 0.3 is 0 Å². The van der Waals surface area contributed by atoms with Gasteiger partial charge < -0.3 is 10.4 Å². The number of nitrogens with one attached hydrogen (secondary N) is 1. The molecule has 4 heteroatoms. The van der Waals surface area contributed by atoms with Crippen LogP contribution in [-0.4, -0.2) is 27.4 Å². The smallest absolute Gasteiger partial charge is 0.148 e. The van der Waals surface area contributed by atoms with E-state index in [4.69, 9.17) is 0 Å². The minimum atomic E-state index is -0.155. The number of anilines is 1. The Morgan fingerprint density at radius 3 is 3.07 bits per heavy atom. The van der Waals surface area contributed by atoms with Crippen molar-refractivity contribution in [3.8, 4) is 0 Å². The van der Waals surface area contributed by atoms with Gasteiger partial charge in [-0.15, -0.1) is 5.10 Å². The summed E-state index contributed by atoms with van der Waals surface area (Å²) in [5, 5.41) is 20.5. The predicted molar refractivity (Wildman–Crippen MR) is 53.9 cm³/mol. The molecule has 1 aromatic rings. The minimum Gasteiger partial charge on any atom is -0.393 e. The van der Waals surface area contributed by atoms with Gasteiger partial charge in [-0.25, -0.2) is 0 Å². The zero-order valence-corrected chi connectivity index (χ0v) is 8.06. The largest absolute Gasteiger partial charge is 0.393 e. The van der Waals surface area contributed by atoms with Gasteiger partial charge in [0.1, 0.15) is 5.82 Å². The molecule has 0 saturated heterocycles. The second-order valence-electron chi connectivity index (χ2n) is 3.77. The lowest BCUT2D eigenvalue weighted by Crippen LogP contribution is -2.30. The van der Waals surface area contributed by atoms with Crippen LogP contribution < -0.4 is 5.32 Å². The maximum absolute atomic E-state index is 9.48. The van der Waals surface area contributed by atoms with Crippen molar-refractivity contribution in [3.63, 3.8) is 0 Å². The summed E-state index contributed by atoms with van der Waals surface area (Å²) in [6.07, 6.45) is 5.43. The van der Waals surface area contributed by atoms with Crippen molar-refractivity contribution >= 4 is 5.82 Å². The van der Waals surface area contributed by atoms with Gasteiger partial charge in [0.25, 0.3) is 0 Å². The monoisotopic (exact) mass is 193 g/mol. The first kappa shape index (κ1) is 9.40. The zero-order chi connectivity index (χ0) is 9.80. The normalized spacial score (nSPS) is 27.2. The van der Waals surface area contributed by atoms with Crippen molar-refractivity contribution in [2.24, 2.45) is 0 Å². The molecule has 1 aliphatic rings. The van der Waals surface area contributed by atoms with Crippen LogP contribution in [0.4, 0.5) is 5.82 Å². The third kappa shape index (κ3) is 2.42. The van der Waals surface area contributed by atoms with Gasteiger partial charge in [0.2, 0.25) is 0 Å². The molecular weight excluding hydrogens is 178 g/mol. The molecule has 2 rings (SSSR count). The number of nitrogens with zero attached hydrogens (tertiary/aromatic N) is 2. The fourth-order valence-electron chi connectivity index (χ4n) is 1.88. The summed E-state index contributed by atoms with van der Waals surface area (Å²) in [5.41, 5.74) is 0. The first-order valence-electron chi connectivity index (χ1n) is 5.07. The minimum absolute atomic E-state index is 0.155. The summed E-state index contributed by atoms with van der Waals surface area (Å²) in [5.74, 6) is 0.798. The number of hydrogen-bond acceptors (Lipinski definition) is 4. The van der Waals surface area contributed by atoms with E-state index in [0.29, 0.717) is 6.04 Å². The molecule has 4 nitrogen and oxygen atoms in total. The van der Waals surface area contributed by atoms with Crippen LogP contribution in [0.15, 0.2) is 18.3 Å². The first-order valence-corrected chi connectivity index (χ1v) is 5.07. The second kappa shape index (κ2) is 4.37. The molecule has 1 fully saturated rings. The van der Waals surface area contributed by atoms with Crippen molar-refractivity contribution in [1.29, 1.82) is 0 Å². The highest BCUT2D eigenvalue weighted by atomic mass is 16.3. The molecule has 0 unspecified atom stereocenters. The Balaban J connectivity index is 1.91. The van der Waals surface area contributed by atoms with Gasteiger partial charge in [0.15, 0.2) is 0 Å². The van der Waals surface area contributed by atoms with E-state index >= 15 is 0 Å². The van der Waals surface area contributed by atoms with Crippen molar-refractivity contribution < 1.29 is 5.11 Å². The van der Waals surface area contributed by atoms with Gasteiger partial charge in [-0.1, -0.05) is 0 Å². The molecule has 0 radical (unpaired) electrons. The van der Waals surface area contributed by atoms with E-state index in [-0.39, 0.29) is 6.10 Å². The van der Waals surface area contributed by atoms with Crippen LogP contribution in [0.3, 0.4) is 0 Å². The Labute approximate surface area is 83.4 Å². The Kier molecular flexibility index (Phi) is 2.93. The molecule has 14 heavy (non-hydrogen) atoms. The lowest BCUT2D eigenvalue weighted by Gasteiger charge is -2.26. The molecule has 0 spiro atoms. The number of aromatic nitrogens is 2. The zero-order valence-electron chi connectivity index (χ0n) is 8.06. The van der Waals surface area contributed by atoms with Crippen LogP contribution in [0, 0.1) is 0 Å². The molecule has 76 valence electrons. The molecule has 2 atom stereocenters. The van der Waals surface area contributed by atoms with Crippen LogP contribution in [-0.2, 0) is 0 Å². The van der Waals surface area contributed by atoms with E-state index in [1.54, 1.807) is 6.20 Å². The average molecular weight is 193 g/mol. The van der Waals surface area contributed by atoms with Crippen LogP contribution in [0.5, 0.6) is 0 Å². The molecule has 1 aromatic heterocycles. The molecular formula is C10H15N3O. The van der Waals surface area contributed by atoms with Crippen LogP contribution in [0.25, 0.3) is 0 Å². The Morgan fingerprint density at radius 2 is 2.36 bits per heavy atom. The molecule has 1 aliphatic carbocycles. The highest BCUT2D eigenvalue weighted by Gasteiger charge is 2.19. The SMILES string of the molecule is O[C@@H]1CCC[C@@H](Nc2cccnn2)C1. The lowest BCUT2D eigenvalue weighted by molar-refractivity contribution is 0.124. The summed E-state index contributed by atoms with van der Waals surface area (Å²) >= 11 is 0. The summed E-state index contributed by atoms with van der Waals surface area (Å²) in [7, 11) is 0. The standard InChI is InChI=1S/C10H15N3O/c14-9-4-1-3-8(7-9)12-10-5-2-6-11-13-10/h2,5-6,8-9,14H,1,3-4,7H2,(H,12,13)/t8-,9-/m1/s1. The van der Waals surface area contributed by atoms with Gasteiger partial charge in [-0.05, 0) is 37.8 Å². The fraction of sp³-hybridized carbons (Fsp3) is 0.600. The van der Waals surface area contributed by atoms with Crippen molar-refractivity contribution in [3.05, 3.63) is 18.3 Å². The fourth-order valence-corrected chi connectivity index (χ4v) is 1.88. The third-order valence-electron chi connectivity index (χ3n) is 2.57. The number of aliphatic hydroxyl groups is 1. The Morgan fingerprint density at radius 1 is 1.43 bits per heavy atom. The lowest BCUT2D eigenvalue weighted by atomic mass is 9.93. The number of hydrogen-bond donors (Lipinski definition) is 2. The molecule has 1 saturated carbocycles. The molecule has 0 aliphatic heterocycles. The van der Waals surface area contributed by atoms with Gasteiger partial charge in [0.05, 0.1) is 6.10 Å². The van der Waals surface area contributed by atoms with Crippen LogP contribution in [0.2, 0.25) is 0 Å². The highest BCUT2D eigenvalue weighted by molar-refractivity contribution is 5.32. The first-order chi connectivity index (χ1) is 6.84. The molecule has 0 amide bonds. The summed E-state index contributed by atoms with van der Waals surface area (Å²) < 4.78 is 0. The van der Waals surface area contributed by atoms with Crippen molar-refractivity contribution in [2.75, 3.05) is 5.32 Å². The number of aliphatic hydroxyl groups excluding tert-OH is 1. The van der Waals surface area contributed by atoms with E-state index in [0.717, 1.165) is 31.5 Å². The predicted octanol–water partition coefficient (Wildman–Crippen LogP) is 1.19. The van der Waals surface area contributed by atoms with E-state index in [2.05, 4.69) is 15.5 Å². The van der Waals surface area contributed by atoms with E-state index < -0.39 is 0 Å². The Hall–Kier alpha value is -1.16. The van der Waals surface area contributed by atoms with Crippen molar-refractivity contribution in [2.45, 2.75) is 37.8 Å². The van der Waals surface area contributed by atoms with Gasteiger partial charge in [-0.3, -0.25) is 0 Å². The molecule has 0 bridgehead atoms. The van der Waals surface area contributed by atoms with Crippen LogP contribution in [0.1, 0.15) is 25.7 Å². The number of rotatable bonds is 2. The quantitative estimate of drug-likeness (QED) is 0.740. The summed E-state index contributed by atoms with van der Waals surface area (Å²) in [6.45, 7) is 0. The Bertz CT molecular complexity index is 278. The topological polar surface area (TPSA) is 58.0 Å². The summed E-state index contributed by atoms with van der Waals surface area (Å²) in [4.78, 5) is 0. The van der Waals surface area contributed by atoms with Gasteiger partial charge in [0, 0.05) is 12.2 Å². The van der Waals surface area contributed by atoms with Crippen molar-refractivity contribution in [1.82, 2.24) is 10.2 Å². The molecule has 2 N–H and O–H groups in total. The maximum Gasteiger partial charge on any atom is 0.148 e. The third-order valence-corrected chi connectivity index (χ3v) is 2.57. The second-order valence-corrected chi connectivity index (χ2v) is 3.77. The van der Waals surface area contributed by atoms with E-state index in [9.17, 15) is 5.11 Å². The maximum atomic E-state index is 9.48. The molecule has 0 aromatic carbocycles. The summed E-state index contributed by atoms with van der Waals surface area (Å²) in [6, 6.07) is 4.10. The van der Waals surface area contributed by atoms with E-state index in [1.165, 1.54) is 0 Å². The average Bonchev–Trinajstić information content (AvgIpc) is 2.19. The highest BCUT2D eigenvalue weighted by Crippen LogP contribution is 2.20. The van der Waals surface area contributed by atoms with Gasteiger partial charge in [-0.2, -0.15) is 5.10 Å².